The molecule has 0 heterocycles. The molecule has 0 aliphatic rings. The minimum absolute atomic E-state index is 0.0366. The quantitative estimate of drug-likeness (QED) is 0.146. The first-order valence-electron chi connectivity index (χ1n) is 9.33. The fourth-order valence-electron chi connectivity index (χ4n) is 2.39. The number of thiol groups is 2. The third-order valence-corrected chi connectivity index (χ3v) is 4.59. The molecule has 4 N–H and O–H groups in total. The van der Waals surface area contributed by atoms with Crippen LogP contribution in [0.15, 0.2) is 81.9 Å². The van der Waals surface area contributed by atoms with Crippen molar-refractivity contribution in [2.75, 3.05) is 23.7 Å². The Morgan fingerprint density at radius 1 is 0.688 bits per heavy atom. The first kappa shape index (κ1) is 24.4. The number of para-hydroxylation sites is 2. The number of rotatable bonds is 9. The smallest absolute Gasteiger partial charge is 0.264 e. The summed E-state index contributed by atoms with van der Waals surface area (Å²) in [4.78, 5) is 24.6. The van der Waals surface area contributed by atoms with Gasteiger partial charge in [0.1, 0.15) is 23.3 Å². The van der Waals surface area contributed by atoms with Gasteiger partial charge < -0.3 is 21.3 Å². The highest BCUT2D eigenvalue weighted by atomic mass is 32.1. The van der Waals surface area contributed by atoms with Gasteiger partial charge in [0.15, 0.2) is 0 Å². The van der Waals surface area contributed by atoms with Gasteiger partial charge >= 0.3 is 0 Å². The number of nitrogens with zero attached hydrogens (tertiary/aromatic N) is 2. The maximum atomic E-state index is 12.3. The number of carbonyl (C=O) groups excluding carboxylic acids is 2. The van der Waals surface area contributed by atoms with E-state index in [1.165, 1.54) is 0 Å². The van der Waals surface area contributed by atoms with Gasteiger partial charge in [0.05, 0.1) is 10.1 Å². The molecule has 0 spiro atoms. The van der Waals surface area contributed by atoms with E-state index in [4.69, 9.17) is 0 Å². The van der Waals surface area contributed by atoms with Crippen LogP contribution >= 0.6 is 25.3 Å². The fraction of sp³-hybridized carbons (Fsp3) is 0.0909. The van der Waals surface area contributed by atoms with Crippen molar-refractivity contribution in [2.45, 2.75) is 0 Å². The highest BCUT2D eigenvalue weighted by Crippen LogP contribution is 2.16. The van der Waals surface area contributed by atoms with Crippen molar-refractivity contribution >= 4 is 48.4 Å². The Kier molecular flexibility index (Phi) is 9.72. The first-order valence-corrected chi connectivity index (χ1v) is 10.2. The van der Waals surface area contributed by atoms with Crippen molar-refractivity contribution in [1.29, 1.82) is 10.5 Å². The molecule has 2 amide bonds. The van der Waals surface area contributed by atoms with Gasteiger partial charge in [0.25, 0.3) is 11.8 Å². The second-order valence-electron chi connectivity index (χ2n) is 6.16. The molecule has 0 saturated heterocycles. The zero-order chi connectivity index (χ0) is 23.3. The molecule has 32 heavy (non-hydrogen) atoms. The number of nitrogens with one attached hydrogen (secondary N) is 4. The predicted molar refractivity (Wildman–Crippen MR) is 129 cm³/mol. The lowest BCUT2D eigenvalue weighted by Gasteiger charge is -2.11. The predicted octanol–water partition coefficient (Wildman–Crippen LogP) is 2.77. The van der Waals surface area contributed by atoms with Gasteiger partial charge in [-0.15, -0.1) is 25.3 Å². The zero-order valence-electron chi connectivity index (χ0n) is 16.8. The van der Waals surface area contributed by atoms with Crippen LogP contribution in [-0.4, -0.2) is 24.9 Å². The van der Waals surface area contributed by atoms with Crippen molar-refractivity contribution in [3.8, 4) is 12.1 Å². The van der Waals surface area contributed by atoms with E-state index in [0.717, 1.165) is 0 Å². The summed E-state index contributed by atoms with van der Waals surface area (Å²) in [5.74, 6) is -1.29. The third kappa shape index (κ3) is 7.43. The largest absolute Gasteiger partial charge is 0.350 e. The van der Waals surface area contributed by atoms with Gasteiger partial charge in [-0.2, -0.15) is 10.5 Å². The molecule has 10 heteroatoms. The van der Waals surface area contributed by atoms with E-state index in [1.807, 2.05) is 24.3 Å². The Labute approximate surface area is 196 Å². The minimum atomic E-state index is -0.646. The summed E-state index contributed by atoms with van der Waals surface area (Å²) in [7, 11) is 0. The second kappa shape index (κ2) is 12.7. The van der Waals surface area contributed by atoms with Crippen LogP contribution in [0.1, 0.15) is 0 Å². The number of amides is 2. The second-order valence-corrected chi connectivity index (χ2v) is 7.06. The third-order valence-electron chi connectivity index (χ3n) is 3.92. The summed E-state index contributed by atoms with van der Waals surface area (Å²) in [6.45, 7) is 0.0732. The molecular weight excluding hydrogens is 444 g/mol. The molecule has 2 rings (SSSR count). The summed E-state index contributed by atoms with van der Waals surface area (Å²) < 4.78 is 0. The summed E-state index contributed by atoms with van der Waals surface area (Å²) in [6, 6.07) is 21.5. The van der Waals surface area contributed by atoms with Crippen LogP contribution in [0.25, 0.3) is 0 Å². The number of carbonyl (C=O) groups is 2. The average Bonchev–Trinajstić information content (AvgIpc) is 2.79. The van der Waals surface area contributed by atoms with E-state index >= 15 is 0 Å². The Morgan fingerprint density at radius 3 is 1.34 bits per heavy atom. The van der Waals surface area contributed by atoms with Crippen molar-refractivity contribution in [3.63, 3.8) is 0 Å². The van der Waals surface area contributed by atoms with Gasteiger partial charge in [0.2, 0.25) is 0 Å². The first-order chi connectivity index (χ1) is 15.5. The van der Waals surface area contributed by atoms with Gasteiger partial charge in [-0.05, 0) is 24.3 Å². The summed E-state index contributed by atoms with van der Waals surface area (Å²) >= 11 is 8.39. The molecule has 0 saturated carbocycles. The highest BCUT2D eigenvalue weighted by Gasteiger charge is 2.15. The zero-order valence-corrected chi connectivity index (χ0v) is 18.6. The molecule has 0 radical (unpaired) electrons. The van der Waals surface area contributed by atoms with E-state index in [2.05, 4.69) is 46.5 Å². The summed E-state index contributed by atoms with van der Waals surface area (Å²) in [5.41, 5.74) is 0.942. The lowest BCUT2D eigenvalue weighted by molar-refractivity contribution is -0.118. The number of hydrogen-bond acceptors (Lipinski definition) is 8. The van der Waals surface area contributed by atoms with Crippen LogP contribution in [-0.2, 0) is 9.59 Å². The Bertz CT molecular complexity index is 1010. The van der Waals surface area contributed by atoms with Crippen molar-refractivity contribution in [1.82, 2.24) is 10.6 Å². The van der Waals surface area contributed by atoms with E-state index in [1.54, 1.807) is 48.5 Å². The van der Waals surface area contributed by atoms with E-state index in [9.17, 15) is 20.1 Å². The monoisotopic (exact) mass is 464 g/mol. The van der Waals surface area contributed by atoms with Crippen LogP contribution < -0.4 is 21.3 Å². The fourth-order valence-corrected chi connectivity index (χ4v) is 2.95. The molecular formula is C22H20N6O2S2. The molecule has 2 aromatic rings. The number of anilines is 2. The van der Waals surface area contributed by atoms with Gasteiger partial charge in [0, 0.05) is 24.5 Å². The van der Waals surface area contributed by atoms with E-state index < -0.39 is 11.8 Å². The Morgan fingerprint density at radius 2 is 1.03 bits per heavy atom. The van der Waals surface area contributed by atoms with Crippen molar-refractivity contribution in [3.05, 3.63) is 81.9 Å². The molecule has 0 unspecified atom stereocenters. The summed E-state index contributed by atoms with van der Waals surface area (Å²) in [6.07, 6.45) is 0. The highest BCUT2D eigenvalue weighted by molar-refractivity contribution is 7.84. The molecule has 0 bridgehead atoms. The Balaban J connectivity index is 1.89. The topological polar surface area (TPSA) is 130 Å². The molecule has 0 aliphatic carbocycles. The van der Waals surface area contributed by atoms with Crippen LogP contribution in [0.3, 0.4) is 0 Å². The molecule has 0 fully saturated rings. The van der Waals surface area contributed by atoms with Crippen LogP contribution in [0.2, 0.25) is 0 Å². The molecule has 8 nitrogen and oxygen atoms in total. The lowest BCUT2D eigenvalue weighted by Crippen LogP contribution is -2.36. The van der Waals surface area contributed by atoms with E-state index in [0.29, 0.717) is 11.4 Å². The molecule has 2 aromatic carbocycles. The minimum Gasteiger partial charge on any atom is -0.350 e. The maximum absolute atomic E-state index is 12.3. The Hall–Kier alpha value is -3.86. The van der Waals surface area contributed by atoms with Crippen LogP contribution in [0.5, 0.6) is 0 Å². The number of hydrogen-bond donors (Lipinski definition) is 6. The van der Waals surface area contributed by atoms with E-state index in [-0.39, 0.29) is 34.3 Å². The van der Waals surface area contributed by atoms with Crippen LogP contribution in [0.4, 0.5) is 11.4 Å². The molecule has 0 aliphatic heterocycles. The average molecular weight is 465 g/mol. The number of benzene rings is 2. The summed E-state index contributed by atoms with van der Waals surface area (Å²) in [5, 5.41) is 29.6. The van der Waals surface area contributed by atoms with Crippen molar-refractivity contribution in [2.24, 2.45) is 0 Å². The van der Waals surface area contributed by atoms with Gasteiger partial charge in [-0.1, -0.05) is 36.4 Å². The van der Waals surface area contributed by atoms with Gasteiger partial charge in [-0.3, -0.25) is 9.59 Å². The lowest BCUT2D eigenvalue weighted by atomic mass is 10.2. The molecule has 0 aromatic heterocycles. The number of nitriles is 2. The normalized spacial score (nSPS) is 11.6. The molecule has 162 valence electrons. The maximum Gasteiger partial charge on any atom is 0.264 e. The molecule has 0 atom stereocenters. The standard InChI is InChI=1S/C22H20N6O2S2/c23-13-17(21(31)27-15-7-3-1-4-8-15)19(29)25-11-12-26-20(30)18(14-24)22(32)28-16-9-5-2-6-10-16/h1-10,27-28,31-32H,11-12H2,(H,25,29)(H,26,30)/b21-17-,22-18-. The van der Waals surface area contributed by atoms with Crippen LogP contribution in [0, 0.1) is 22.7 Å². The van der Waals surface area contributed by atoms with Crippen molar-refractivity contribution < 1.29 is 9.59 Å². The van der Waals surface area contributed by atoms with Gasteiger partial charge in [-0.25, -0.2) is 0 Å². The SMILES string of the molecule is N#C/C(C(=O)NCCNC(=O)/C(C#N)=C(\S)Nc1ccccc1)=C(/S)Nc1ccccc1.